The number of rotatable bonds is 5. The second-order valence-corrected chi connectivity index (χ2v) is 5.58. The van der Waals surface area contributed by atoms with Crippen LogP contribution in [0.3, 0.4) is 0 Å². The van der Waals surface area contributed by atoms with Gasteiger partial charge < -0.3 is 4.74 Å². The van der Waals surface area contributed by atoms with Gasteiger partial charge in [-0.15, -0.1) is 5.10 Å². The van der Waals surface area contributed by atoms with Crippen molar-refractivity contribution in [2.24, 2.45) is 0 Å². The molecule has 1 aromatic heterocycles. The number of H-pyrrole nitrogens is 1. The number of halogens is 1. The fourth-order valence-electron chi connectivity index (χ4n) is 1.91. The first kappa shape index (κ1) is 15.2. The van der Waals surface area contributed by atoms with E-state index in [9.17, 15) is 4.79 Å². The van der Waals surface area contributed by atoms with Crippen molar-refractivity contribution in [3.63, 3.8) is 0 Å². The number of para-hydroxylation sites is 1. The van der Waals surface area contributed by atoms with E-state index in [1.165, 1.54) is 0 Å². The van der Waals surface area contributed by atoms with E-state index in [1.807, 2.05) is 42.5 Å². The van der Waals surface area contributed by atoms with Crippen molar-refractivity contribution in [1.29, 1.82) is 0 Å². The zero-order chi connectivity index (χ0) is 16.1. The molecule has 0 atom stereocenters. The Balaban J connectivity index is 1.59. The molecule has 0 saturated heterocycles. The van der Waals surface area contributed by atoms with E-state index >= 15 is 0 Å². The molecule has 0 aliphatic carbocycles. The quantitative estimate of drug-likeness (QED) is 0.720. The monoisotopic (exact) mass is 372 g/mol. The summed E-state index contributed by atoms with van der Waals surface area (Å²) in [6.45, 7) is -0.106. The maximum Gasteiger partial charge on any atom is 0.264 e. The molecule has 0 fully saturated rings. The molecule has 1 amide bonds. The molecule has 0 aliphatic heterocycles. The molecule has 0 unspecified atom stereocenters. The number of benzene rings is 2. The molecule has 2 N–H and O–H groups in total. The van der Waals surface area contributed by atoms with Crippen LogP contribution in [0, 0.1) is 0 Å². The highest BCUT2D eigenvalue weighted by Gasteiger charge is 2.09. The third kappa shape index (κ3) is 4.17. The van der Waals surface area contributed by atoms with Gasteiger partial charge in [-0.25, -0.2) is 0 Å². The van der Waals surface area contributed by atoms with Gasteiger partial charge in [0.1, 0.15) is 5.75 Å². The molecule has 6 nitrogen and oxygen atoms in total. The number of anilines is 1. The Kier molecular flexibility index (Phi) is 4.68. The summed E-state index contributed by atoms with van der Waals surface area (Å²) in [5.41, 5.74) is 0.868. The topological polar surface area (TPSA) is 79.9 Å². The Morgan fingerprint density at radius 2 is 2.00 bits per heavy atom. The highest BCUT2D eigenvalue weighted by molar-refractivity contribution is 9.10. The average molecular weight is 373 g/mol. The molecular formula is C16H13BrN4O2. The minimum absolute atomic E-state index is 0.106. The Labute approximate surface area is 141 Å². The van der Waals surface area contributed by atoms with Gasteiger partial charge >= 0.3 is 0 Å². The number of ether oxygens (including phenoxy) is 1. The molecule has 2 aromatic carbocycles. The molecule has 23 heavy (non-hydrogen) atoms. The van der Waals surface area contributed by atoms with Crippen LogP contribution in [0.15, 0.2) is 59.1 Å². The summed E-state index contributed by atoms with van der Waals surface area (Å²) in [5, 5.41) is 9.36. The number of aromatic amines is 1. The fraction of sp³-hybridized carbons (Fsp3) is 0.0625. The molecule has 3 aromatic rings. The van der Waals surface area contributed by atoms with Crippen molar-refractivity contribution >= 4 is 27.8 Å². The number of nitrogens with zero attached hydrogens (tertiary/aromatic N) is 2. The van der Waals surface area contributed by atoms with Crippen LogP contribution in [0.5, 0.6) is 5.75 Å². The van der Waals surface area contributed by atoms with Gasteiger partial charge in [-0.1, -0.05) is 46.3 Å². The Morgan fingerprint density at radius 1 is 1.17 bits per heavy atom. The molecule has 116 valence electrons. The van der Waals surface area contributed by atoms with Crippen molar-refractivity contribution in [1.82, 2.24) is 15.2 Å². The van der Waals surface area contributed by atoms with E-state index in [2.05, 4.69) is 36.4 Å². The molecule has 3 rings (SSSR count). The van der Waals surface area contributed by atoms with Crippen LogP contribution in [-0.2, 0) is 4.79 Å². The second-order valence-electron chi connectivity index (χ2n) is 4.67. The molecule has 0 saturated carbocycles. The maximum absolute atomic E-state index is 11.8. The normalized spacial score (nSPS) is 10.3. The summed E-state index contributed by atoms with van der Waals surface area (Å²) in [5.74, 6) is 1.09. The zero-order valence-corrected chi connectivity index (χ0v) is 13.6. The van der Waals surface area contributed by atoms with Gasteiger partial charge in [0.2, 0.25) is 5.95 Å². The Morgan fingerprint density at radius 3 is 2.78 bits per heavy atom. The number of hydrogen-bond acceptors (Lipinski definition) is 4. The standard InChI is InChI=1S/C16H13BrN4O2/c17-12-6-4-5-11(9-12)15-19-16(21-20-15)18-14(22)10-23-13-7-2-1-3-8-13/h1-9H,10H2,(H2,18,19,20,21,22). The predicted molar refractivity (Wildman–Crippen MR) is 90.1 cm³/mol. The number of carbonyl (C=O) groups is 1. The van der Waals surface area contributed by atoms with Gasteiger partial charge in [-0.05, 0) is 24.3 Å². The molecule has 0 radical (unpaired) electrons. The van der Waals surface area contributed by atoms with Crippen LogP contribution in [0.25, 0.3) is 11.4 Å². The summed E-state index contributed by atoms with van der Waals surface area (Å²) in [6, 6.07) is 16.7. The summed E-state index contributed by atoms with van der Waals surface area (Å²) in [4.78, 5) is 16.1. The lowest BCUT2D eigenvalue weighted by molar-refractivity contribution is -0.118. The van der Waals surface area contributed by atoms with Crippen molar-refractivity contribution < 1.29 is 9.53 Å². The van der Waals surface area contributed by atoms with Gasteiger partial charge in [0.05, 0.1) is 0 Å². The van der Waals surface area contributed by atoms with Crippen molar-refractivity contribution in [2.75, 3.05) is 11.9 Å². The Bertz CT molecular complexity index is 805. The number of hydrogen-bond donors (Lipinski definition) is 2. The van der Waals surface area contributed by atoms with E-state index in [1.54, 1.807) is 12.1 Å². The lowest BCUT2D eigenvalue weighted by Crippen LogP contribution is -2.20. The highest BCUT2D eigenvalue weighted by Crippen LogP contribution is 2.20. The molecular weight excluding hydrogens is 360 g/mol. The third-order valence-corrected chi connectivity index (χ3v) is 3.44. The third-order valence-electron chi connectivity index (χ3n) is 2.95. The van der Waals surface area contributed by atoms with Gasteiger partial charge in [0.25, 0.3) is 5.91 Å². The molecule has 0 aliphatic rings. The van der Waals surface area contributed by atoms with Crippen molar-refractivity contribution in [2.45, 2.75) is 0 Å². The molecule has 7 heteroatoms. The predicted octanol–water partition coefficient (Wildman–Crippen LogP) is 3.25. The largest absolute Gasteiger partial charge is 0.484 e. The molecule has 0 spiro atoms. The minimum atomic E-state index is -0.325. The van der Waals surface area contributed by atoms with Gasteiger partial charge in [-0.2, -0.15) is 4.98 Å². The van der Waals surface area contributed by atoms with Crippen LogP contribution in [0.1, 0.15) is 0 Å². The summed E-state index contributed by atoms with van der Waals surface area (Å²) in [7, 11) is 0. The second kappa shape index (κ2) is 7.06. The lowest BCUT2D eigenvalue weighted by Gasteiger charge is -2.04. The first-order valence-corrected chi connectivity index (χ1v) is 7.66. The van der Waals surface area contributed by atoms with E-state index in [0.29, 0.717) is 11.6 Å². The smallest absolute Gasteiger partial charge is 0.264 e. The fourth-order valence-corrected chi connectivity index (χ4v) is 2.31. The van der Waals surface area contributed by atoms with E-state index in [4.69, 9.17) is 4.74 Å². The summed E-state index contributed by atoms with van der Waals surface area (Å²) >= 11 is 3.40. The average Bonchev–Trinajstić information content (AvgIpc) is 3.02. The van der Waals surface area contributed by atoms with E-state index in [0.717, 1.165) is 10.0 Å². The van der Waals surface area contributed by atoms with Crippen LogP contribution in [0.2, 0.25) is 0 Å². The number of amides is 1. The van der Waals surface area contributed by atoms with E-state index in [-0.39, 0.29) is 18.5 Å². The van der Waals surface area contributed by atoms with E-state index < -0.39 is 0 Å². The van der Waals surface area contributed by atoms with Gasteiger partial charge in [0.15, 0.2) is 12.4 Å². The molecule has 1 heterocycles. The van der Waals surface area contributed by atoms with Crippen molar-refractivity contribution in [3.8, 4) is 17.1 Å². The number of aromatic nitrogens is 3. The number of nitrogens with one attached hydrogen (secondary N) is 2. The minimum Gasteiger partial charge on any atom is -0.484 e. The lowest BCUT2D eigenvalue weighted by atomic mass is 10.2. The highest BCUT2D eigenvalue weighted by atomic mass is 79.9. The molecule has 0 bridgehead atoms. The first-order valence-electron chi connectivity index (χ1n) is 6.87. The van der Waals surface area contributed by atoms with Crippen LogP contribution in [0.4, 0.5) is 5.95 Å². The number of carbonyl (C=O) groups excluding carboxylic acids is 1. The van der Waals surface area contributed by atoms with Crippen LogP contribution in [-0.4, -0.2) is 27.7 Å². The zero-order valence-electron chi connectivity index (χ0n) is 12.0. The maximum atomic E-state index is 11.8. The first-order chi connectivity index (χ1) is 11.2. The van der Waals surface area contributed by atoms with Crippen LogP contribution >= 0.6 is 15.9 Å². The van der Waals surface area contributed by atoms with Crippen molar-refractivity contribution in [3.05, 3.63) is 59.1 Å². The van der Waals surface area contributed by atoms with Crippen LogP contribution < -0.4 is 10.1 Å². The Hall–Kier alpha value is -2.67. The summed E-state index contributed by atoms with van der Waals surface area (Å²) < 4.78 is 6.30. The van der Waals surface area contributed by atoms with Gasteiger partial charge in [0, 0.05) is 10.0 Å². The SMILES string of the molecule is O=C(COc1ccccc1)Nc1n[nH]c(-c2cccc(Br)c2)n1. The summed E-state index contributed by atoms with van der Waals surface area (Å²) in [6.07, 6.45) is 0. The van der Waals surface area contributed by atoms with Gasteiger partial charge in [-0.3, -0.25) is 15.2 Å².